The van der Waals surface area contributed by atoms with E-state index >= 15 is 0 Å². The maximum atomic E-state index is 12.3. The van der Waals surface area contributed by atoms with Crippen molar-refractivity contribution in [2.24, 2.45) is 5.73 Å². The van der Waals surface area contributed by atoms with E-state index in [9.17, 15) is 4.79 Å². The molecule has 1 saturated heterocycles. The second kappa shape index (κ2) is 4.39. The Morgan fingerprint density at radius 1 is 1.06 bits per heavy atom. The zero-order valence-electron chi connectivity index (χ0n) is 10.7. The van der Waals surface area contributed by atoms with E-state index in [1.165, 1.54) is 6.42 Å². The van der Waals surface area contributed by atoms with Crippen molar-refractivity contribution in [3.05, 3.63) is 35.4 Å². The number of nitrogens with zero attached hydrogens (tertiary/aromatic N) is 1. The van der Waals surface area contributed by atoms with Gasteiger partial charge in [-0.1, -0.05) is 12.1 Å². The molecule has 1 saturated carbocycles. The van der Waals surface area contributed by atoms with Gasteiger partial charge in [0.15, 0.2) is 0 Å². The number of piperidine rings is 1. The molecular weight excluding hydrogens is 224 g/mol. The molecule has 2 N–H and O–H groups in total. The smallest absolute Gasteiger partial charge is 0.253 e. The molecule has 1 heterocycles. The average Bonchev–Trinajstić information content (AvgIpc) is 3.18. The first-order valence-corrected chi connectivity index (χ1v) is 6.88. The third kappa shape index (κ3) is 2.15. The number of carbonyl (C=O) groups is 1. The van der Waals surface area contributed by atoms with Crippen LogP contribution in [0.4, 0.5) is 0 Å². The van der Waals surface area contributed by atoms with Crippen LogP contribution >= 0.6 is 0 Å². The lowest BCUT2D eigenvalue weighted by molar-refractivity contribution is 0.0724. The van der Waals surface area contributed by atoms with Crippen LogP contribution in [0, 0.1) is 0 Å². The maximum Gasteiger partial charge on any atom is 0.253 e. The summed E-state index contributed by atoms with van der Waals surface area (Å²) in [5, 5.41) is 0. The first-order chi connectivity index (χ1) is 8.69. The Hall–Kier alpha value is -1.35. The van der Waals surface area contributed by atoms with E-state index in [1.807, 2.05) is 29.2 Å². The van der Waals surface area contributed by atoms with Crippen LogP contribution in [0.5, 0.6) is 0 Å². The van der Waals surface area contributed by atoms with Gasteiger partial charge >= 0.3 is 0 Å². The van der Waals surface area contributed by atoms with Crippen LogP contribution in [-0.2, 0) is 5.54 Å². The molecule has 2 fully saturated rings. The molecule has 3 nitrogen and oxygen atoms in total. The molecule has 1 aromatic carbocycles. The fourth-order valence-corrected chi connectivity index (χ4v) is 2.65. The zero-order chi connectivity index (χ0) is 12.6. The van der Waals surface area contributed by atoms with Crippen LogP contribution in [0.15, 0.2) is 24.3 Å². The Morgan fingerprint density at radius 3 is 2.22 bits per heavy atom. The van der Waals surface area contributed by atoms with Crippen molar-refractivity contribution in [2.75, 3.05) is 13.1 Å². The molecule has 96 valence electrons. The van der Waals surface area contributed by atoms with Crippen LogP contribution in [0.2, 0.25) is 0 Å². The predicted octanol–water partition coefficient (Wildman–Crippen LogP) is 2.26. The second-order valence-electron chi connectivity index (χ2n) is 5.59. The molecular formula is C15H20N2O. The lowest BCUT2D eigenvalue weighted by atomic mass is 10.0. The standard InChI is InChI=1S/C15H20N2O/c16-15(8-9-15)13-6-4-12(5-7-13)14(18)17-10-2-1-3-11-17/h4-7H,1-3,8-11,16H2. The summed E-state index contributed by atoms with van der Waals surface area (Å²) < 4.78 is 0. The van der Waals surface area contributed by atoms with E-state index in [1.54, 1.807) is 0 Å². The molecule has 1 amide bonds. The third-order valence-corrected chi connectivity index (χ3v) is 4.14. The summed E-state index contributed by atoms with van der Waals surface area (Å²) in [5.41, 5.74) is 8.00. The summed E-state index contributed by atoms with van der Waals surface area (Å²) in [6.07, 6.45) is 5.64. The van der Waals surface area contributed by atoms with Crippen molar-refractivity contribution in [3.8, 4) is 0 Å². The predicted molar refractivity (Wildman–Crippen MR) is 71.3 cm³/mol. The summed E-state index contributed by atoms with van der Waals surface area (Å²) in [4.78, 5) is 14.2. The van der Waals surface area contributed by atoms with Gasteiger partial charge in [-0.15, -0.1) is 0 Å². The van der Waals surface area contributed by atoms with Crippen molar-refractivity contribution < 1.29 is 4.79 Å². The summed E-state index contributed by atoms with van der Waals surface area (Å²) in [6.45, 7) is 1.81. The van der Waals surface area contributed by atoms with Crippen molar-refractivity contribution in [1.82, 2.24) is 4.90 Å². The zero-order valence-corrected chi connectivity index (χ0v) is 10.7. The Balaban J connectivity index is 1.73. The monoisotopic (exact) mass is 244 g/mol. The maximum absolute atomic E-state index is 12.3. The minimum atomic E-state index is -0.104. The normalized spacial score (nSPS) is 21.7. The highest BCUT2D eigenvalue weighted by Gasteiger charge is 2.39. The average molecular weight is 244 g/mol. The minimum Gasteiger partial charge on any atom is -0.339 e. The minimum absolute atomic E-state index is 0.104. The SMILES string of the molecule is NC1(c2ccc(C(=O)N3CCCCC3)cc2)CC1. The lowest BCUT2D eigenvalue weighted by Crippen LogP contribution is -2.35. The molecule has 0 aromatic heterocycles. The van der Waals surface area contributed by atoms with Crippen molar-refractivity contribution in [2.45, 2.75) is 37.6 Å². The van der Waals surface area contributed by atoms with E-state index in [-0.39, 0.29) is 11.4 Å². The van der Waals surface area contributed by atoms with Gasteiger partial charge in [0.2, 0.25) is 0 Å². The van der Waals surface area contributed by atoms with Crippen LogP contribution in [0.1, 0.15) is 48.0 Å². The van der Waals surface area contributed by atoms with Gasteiger partial charge in [0.05, 0.1) is 0 Å². The van der Waals surface area contributed by atoms with Crippen LogP contribution in [0.3, 0.4) is 0 Å². The Labute approximate surface area is 108 Å². The number of hydrogen-bond donors (Lipinski definition) is 1. The number of benzene rings is 1. The summed E-state index contributed by atoms with van der Waals surface area (Å²) in [6, 6.07) is 7.90. The van der Waals surface area contributed by atoms with Crippen molar-refractivity contribution in [1.29, 1.82) is 0 Å². The molecule has 18 heavy (non-hydrogen) atoms. The molecule has 1 aliphatic carbocycles. The fourth-order valence-electron chi connectivity index (χ4n) is 2.65. The largest absolute Gasteiger partial charge is 0.339 e. The first-order valence-electron chi connectivity index (χ1n) is 6.88. The van der Waals surface area contributed by atoms with Crippen LogP contribution < -0.4 is 5.73 Å². The summed E-state index contributed by atoms with van der Waals surface area (Å²) >= 11 is 0. The van der Waals surface area contributed by atoms with Gasteiger partial charge in [-0.25, -0.2) is 0 Å². The van der Waals surface area contributed by atoms with E-state index in [0.717, 1.165) is 49.9 Å². The number of carbonyl (C=O) groups excluding carboxylic acids is 1. The molecule has 3 rings (SSSR count). The van der Waals surface area contributed by atoms with Gasteiger partial charge in [0.25, 0.3) is 5.91 Å². The van der Waals surface area contributed by atoms with Gasteiger partial charge in [0, 0.05) is 24.2 Å². The third-order valence-electron chi connectivity index (χ3n) is 4.14. The van der Waals surface area contributed by atoms with Crippen molar-refractivity contribution in [3.63, 3.8) is 0 Å². The van der Waals surface area contributed by atoms with E-state index in [2.05, 4.69) is 0 Å². The number of likely N-dealkylation sites (tertiary alicyclic amines) is 1. The number of nitrogens with two attached hydrogens (primary N) is 1. The number of amides is 1. The summed E-state index contributed by atoms with van der Waals surface area (Å²) in [5.74, 6) is 0.170. The molecule has 0 bridgehead atoms. The highest BCUT2D eigenvalue weighted by atomic mass is 16.2. The molecule has 0 unspecified atom stereocenters. The molecule has 0 spiro atoms. The van der Waals surface area contributed by atoms with Crippen LogP contribution in [0.25, 0.3) is 0 Å². The van der Waals surface area contributed by atoms with Gasteiger partial charge in [-0.3, -0.25) is 4.79 Å². The van der Waals surface area contributed by atoms with E-state index in [0.29, 0.717) is 0 Å². The van der Waals surface area contributed by atoms with E-state index < -0.39 is 0 Å². The van der Waals surface area contributed by atoms with Gasteiger partial charge in [-0.2, -0.15) is 0 Å². The van der Waals surface area contributed by atoms with Gasteiger partial charge < -0.3 is 10.6 Å². The fraction of sp³-hybridized carbons (Fsp3) is 0.533. The highest BCUT2D eigenvalue weighted by Crippen LogP contribution is 2.42. The molecule has 2 aliphatic rings. The molecule has 1 aromatic rings. The molecule has 1 aliphatic heterocycles. The Morgan fingerprint density at radius 2 is 1.67 bits per heavy atom. The number of rotatable bonds is 2. The number of hydrogen-bond acceptors (Lipinski definition) is 2. The highest BCUT2D eigenvalue weighted by molar-refractivity contribution is 5.94. The molecule has 3 heteroatoms. The second-order valence-corrected chi connectivity index (χ2v) is 5.59. The summed E-state index contributed by atoms with van der Waals surface area (Å²) in [7, 11) is 0. The van der Waals surface area contributed by atoms with Gasteiger partial charge in [0.1, 0.15) is 0 Å². The molecule has 0 atom stereocenters. The lowest BCUT2D eigenvalue weighted by Gasteiger charge is -2.26. The Bertz CT molecular complexity index is 442. The molecule has 0 radical (unpaired) electrons. The Kier molecular flexibility index (Phi) is 2.86. The van der Waals surface area contributed by atoms with Crippen LogP contribution in [-0.4, -0.2) is 23.9 Å². The topological polar surface area (TPSA) is 46.3 Å². The quantitative estimate of drug-likeness (QED) is 0.867. The van der Waals surface area contributed by atoms with Crippen molar-refractivity contribution >= 4 is 5.91 Å². The first kappa shape index (κ1) is 11.7. The van der Waals surface area contributed by atoms with Gasteiger partial charge in [-0.05, 0) is 49.8 Å². The van der Waals surface area contributed by atoms with E-state index in [4.69, 9.17) is 5.73 Å².